The highest BCUT2D eigenvalue weighted by Gasteiger charge is 2.16. The fourth-order valence-electron chi connectivity index (χ4n) is 2.83. The van der Waals surface area contributed by atoms with Gasteiger partial charge in [0.2, 0.25) is 0 Å². The predicted molar refractivity (Wildman–Crippen MR) is 80.4 cm³/mol. The minimum Gasteiger partial charge on any atom is -0.409 e. The number of aromatic nitrogens is 2. The second-order valence-corrected chi connectivity index (χ2v) is 5.29. The van der Waals surface area contributed by atoms with Gasteiger partial charge in [0.15, 0.2) is 0 Å². The van der Waals surface area contributed by atoms with E-state index in [0.717, 1.165) is 42.7 Å². The molecule has 0 bridgehead atoms. The van der Waals surface area contributed by atoms with Gasteiger partial charge >= 0.3 is 0 Å². The van der Waals surface area contributed by atoms with E-state index >= 15 is 0 Å². The maximum atomic E-state index is 12.3. The third kappa shape index (κ3) is 2.37. The van der Waals surface area contributed by atoms with Crippen molar-refractivity contribution in [2.24, 2.45) is 12.2 Å². The summed E-state index contributed by atoms with van der Waals surface area (Å²) in [5.41, 5.74) is 0.205. The summed E-state index contributed by atoms with van der Waals surface area (Å²) in [6, 6.07) is 7.65. The highest BCUT2D eigenvalue weighted by Crippen LogP contribution is 2.24. The zero-order valence-electron chi connectivity index (χ0n) is 12.0. The fourth-order valence-corrected chi connectivity index (χ4v) is 2.83. The van der Waals surface area contributed by atoms with Gasteiger partial charge in [0.1, 0.15) is 5.82 Å². The number of hydrogen-bond donors (Lipinski definition) is 1. The first-order chi connectivity index (χ1) is 10.2. The minimum atomic E-state index is -0.406. The molecular formula is C15H18N4O2. The summed E-state index contributed by atoms with van der Waals surface area (Å²) in [5.74, 6) is 0.718. The number of piperidine rings is 1. The van der Waals surface area contributed by atoms with E-state index in [9.17, 15) is 4.79 Å². The molecule has 1 fully saturated rings. The molecule has 1 aliphatic heterocycles. The highest BCUT2D eigenvalue weighted by atomic mass is 16.4. The highest BCUT2D eigenvalue weighted by molar-refractivity contribution is 5.89. The van der Waals surface area contributed by atoms with Gasteiger partial charge < -0.3 is 14.7 Å². The number of anilines is 1. The largest absolute Gasteiger partial charge is 0.409 e. The summed E-state index contributed by atoms with van der Waals surface area (Å²) >= 11 is 0. The number of fused-ring (bicyclic) bond motifs is 1. The van der Waals surface area contributed by atoms with Crippen molar-refractivity contribution < 1.29 is 5.21 Å². The smallest absolute Gasteiger partial charge is 0.299 e. The molecule has 2 aromatic rings. The lowest BCUT2D eigenvalue weighted by atomic mass is 10.1. The van der Waals surface area contributed by atoms with E-state index in [1.54, 1.807) is 7.05 Å². The SMILES string of the molecule is Cn1c(=O)/c(=N\O)nc(N2CCCCC2)c2ccccc21. The van der Waals surface area contributed by atoms with Gasteiger partial charge in [0.25, 0.3) is 11.0 Å². The topological polar surface area (TPSA) is 70.7 Å². The standard InChI is InChI=1S/C15H18N4O2/c1-18-12-8-4-3-7-11(12)14(16-13(17-21)15(18)20)19-9-5-2-6-10-19/h3-4,7-8,21H,2,5-6,9-10H2,1H3/b17-13+. The van der Waals surface area contributed by atoms with Crippen LogP contribution in [0.1, 0.15) is 19.3 Å². The van der Waals surface area contributed by atoms with Crippen LogP contribution in [0.25, 0.3) is 10.9 Å². The quantitative estimate of drug-likeness (QED) is 0.632. The lowest BCUT2D eigenvalue weighted by Crippen LogP contribution is -2.35. The molecule has 2 heterocycles. The summed E-state index contributed by atoms with van der Waals surface area (Å²) in [5, 5.41) is 13.1. The van der Waals surface area contributed by atoms with Crippen LogP contribution in [-0.4, -0.2) is 27.8 Å². The third-order valence-electron chi connectivity index (χ3n) is 3.96. The molecule has 0 atom stereocenters. The first-order valence-electron chi connectivity index (χ1n) is 7.15. The predicted octanol–water partition coefficient (Wildman–Crippen LogP) is 1.21. The van der Waals surface area contributed by atoms with Crippen molar-refractivity contribution in [1.82, 2.24) is 9.55 Å². The summed E-state index contributed by atoms with van der Waals surface area (Å²) in [6.07, 6.45) is 3.43. The maximum absolute atomic E-state index is 12.3. The van der Waals surface area contributed by atoms with E-state index in [1.165, 1.54) is 11.0 Å². The van der Waals surface area contributed by atoms with E-state index in [2.05, 4.69) is 15.0 Å². The Labute approximate surface area is 122 Å². The first kappa shape index (κ1) is 13.6. The Hall–Kier alpha value is -2.37. The minimum absolute atomic E-state index is 0.172. The number of hydrogen-bond acceptors (Lipinski definition) is 5. The lowest BCUT2D eigenvalue weighted by molar-refractivity contribution is 0.297. The Morgan fingerprint density at radius 2 is 1.90 bits per heavy atom. The Balaban J connectivity index is 2.40. The van der Waals surface area contributed by atoms with Crippen LogP contribution < -0.4 is 15.9 Å². The van der Waals surface area contributed by atoms with Crippen LogP contribution in [0, 0.1) is 0 Å². The number of benzene rings is 1. The molecule has 1 saturated heterocycles. The second kappa shape index (κ2) is 5.55. The van der Waals surface area contributed by atoms with Gasteiger partial charge in [0, 0.05) is 25.5 Å². The summed E-state index contributed by atoms with van der Waals surface area (Å²) < 4.78 is 1.48. The Bertz CT molecular complexity index is 792. The van der Waals surface area contributed by atoms with E-state index in [4.69, 9.17) is 5.21 Å². The van der Waals surface area contributed by atoms with Gasteiger partial charge in [-0.2, -0.15) is 0 Å². The maximum Gasteiger partial charge on any atom is 0.299 e. The van der Waals surface area contributed by atoms with Crippen molar-refractivity contribution in [3.63, 3.8) is 0 Å². The molecule has 0 unspecified atom stereocenters. The van der Waals surface area contributed by atoms with E-state index < -0.39 is 5.56 Å². The normalized spacial score (nSPS) is 16.4. The number of aryl methyl sites for hydroxylation is 1. The van der Waals surface area contributed by atoms with Crippen molar-refractivity contribution in [2.75, 3.05) is 18.0 Å². The molecule has 6 heteroatoms. The van der Waals surface area contributed by atoms with Gasteiger partial charge in [-0.3, -0.25) is 4.79 Å². The molecule has 1 N–H and O–H groups in total. The molecule has 6 nitrogen and oxygen atoms in total. The first-order valence-corrected chi connectivity index (χ1v) is 7.15. The van der Waals surface area contributed by atoms with Crippen LogP contribution in [0.15, 0.2) is 34.2 Å². The number of para-hydroxylation sites is 1. The van der Waals surface area contributed by atoms with Gasteiger partial charge in [-0.1, -0.05) is 17.3 Å². The van der Waals surface area contributed by atoms with Crippen LogP contribution in [-0.2, 0) is 7.05 Å². The van der Waals surface area contributed by atoms with Crippen molar-refractivity contribution in [3.8, 4) is 0 Å². The van der Waals surface area contributed by atoms with E-state index in [-0.39, 0.29) is 5.49 Å². The van der Waals surface area contributed by atoms with Crippen molar-refractivity contribution in [3.05, 3.63) is 40.1 Å². The van der Waals surface area contributed by atoms with Gasteiger partial charge in [-0.25, -0.2) is 4.98 Å². The van der Waals surface area contributed by atoms with E-state index in [0.29, 0.717) is 0 Å². The average molecular weight is 286 g/mol. The van der Waals surface area contributed by atoms with Crippen LogP contribution in [0.2, 0.25) is 0 Å². The lowest BCUT2D eigenvalue weighted by Gasteiger charge is -2.27. The molecule has 1 aromatic carbocycles. The fraction of sp³-hybridized carbons (Fsp3) is 0.400. The van der Waals surface area contributed by atoms with Crippen molar-refractivity contribution >= 4 is 16.7 Å². The molecule has 3 rings (SSSR count). The zero-order valence-corrected chi connectivity index (χ0v) is 12.0. The van der Waals surface area contributed by atoms with Crippen LogP contribution in [0.5, 0.6) is 0 Å². The molecule has 0 spiro atoms. The van der Waals surface area contributed by atoms with Gasteiger partial charge in [-0.15, -0.1) is 0 Å². The summed E-state index contributed by atoms with van der Waals surface area (Å²) in [4.78, 5) is 18.8. The molecule has 110 valence electrons. The van der Waals surface area contributed by atoms with Crippen molar-refractivity contribution in [2.45, 2.75) is 19.3 Å². The Morgan fingerprint density at radius 1 is 1.19 bits per heavy atom. The molecule has 0 aliphatic carbocycles. The van der Waals surface area contributed by atoms with Crippen molar-refractivity contribution in [1.29, 1.82) is 0 Å². The summed E-state index contributed by atoms with van der Waals surface area (Å²) in [7, 11) is 1.67. The van der Waals surface area contributed by atoms with Crippen LogP contribution in [0.4, 0.5) is 5.82 Å². The molecule has 0 radical (unpaired) electrons. The number of nitrogens with zero attached hydrogens (tertiary/aromatic N) is 4. The molecule has 21 heavy (non-hydrogen) atoms. The average Bonchev–Trinajstić information content (AvgIpc) is 2.65. The Morgan fingerprint density at radius 3 is 2.62 bits per heavy atom. The Kier molecular flexibility index (Phi) is 3.60. The monoisotopic (exact) mass is 286 g/mol. The van der Waals surface area contributed by atoms with E-state index in [1.807, 2.05) is 24.3 Å². The molecule has 1 aliphatic rings. The molecular weight excluding hydrogens is 268 g/mol. The zero-order chi connectivity index (χ0) is 14.8. The number of rotatable bonds is 1. The van der Waals surface area contributed by atoms with Gasteiger partial charge in [0.05, 0.1) is 5.52 Å². The molecule has 0 amide bonds. The van der Waals surface area contributed by atoms with Gasteiger partial charge in [-0.05, 0) is 31.4 Å². The molecule has 0 saturated carbocycles. The summed E-state index contributed by atoms with van der Waals surface area (Å²) in [6.45, 7) is 1.81. The second-order valence-electron chi connectivity index (χ2n) is 5.29. The van der Waals surface area contributed by atoms with Crippen LogP contribution in [0.3, 0.4) is 0 Å². The molecule has 1 aromatic heterocycles. The van der Waals surface area contributed by atoms with Crippen LogP contribution >= 0.6 is 0 Å². The third-order valence-corrected chi connectivity index (χ3v) is 3.96.